The van der Waals surface area contributed by atoms with Gasteiger partial charge in [-0.2, -0.15) is 5.26 Å². The van der Waals surface area contributed by atoms with Crippen LogP contribution in [0.2, 0.25) is 0 Å². The molecule has 0 aromatic heterocycles. The van der Waals surface area contributed by atoms with Crippen molar-refractivity contribution in [2.45, 2.75) is 18.9 Å². The first-order valence-corrected chi connectivity index (χ1v) is 7.94. The molecule has 0 radical (unpaired) electrons. The van der Waals surface area contributed by atoms with Gasteiger partial charge in [0.2, 0.25) is 5.91 Å². The maximum atomic E-state index is 14.0. The lowest BCUT2D eigenvalue weighted by Crippen LogP contribution is -2.43. The molecule has 1 atom stereocenters. The highest BCUT2D eigenvalue weighted by atomic mass is 19.1. The largest absolute Gasteiger partial charge is 0.389 e. The average Bonchev–Trinajstić information content (AvgIpc) is 2.60. The minimum Gasteiger partial charge on any atom is -0.389 e. The van der Waals surface area contributed by atoms with Crippen LogP contribution in [0.4, 0.5) is 10.1 Å². The van der Waals surface area contributed by atoms with Crippen molar-refractivity contribution in [2.24, 2.45) is 5.92 Å². The molecule has 1 aliphatic heterocycles. The molecule has 0 bridgehead atoms. The summed E-state index contributed by atoms with van der Waals surface area (Å²) in [6.07, 6.45) is 0.517. The van der Waals surface area contributed by atoms with Gasteiger partial charge in [0.25, 0.3) is 0 Å². The number of nitrogens with zero attached hydrogens (tertiary/aromatic N) is 2. The zero-order chi connectivity index (χ0) is 17.5. The first-order chi connectivity index (χ1) is 11.5. The van der Waals surface area contributed by atoms with Gasteiger partial charge in [0.1, 0.15) is 5.82 Å². The van der Waals surface area contributed by atoms with Crippen molar-refractivity contribution in [2.75, 3.05) is 38.3 Å². The number of amides is 1. The Labute approximate surface area is 140 Å². The Morgan fingerprint density at radius 3 is 2.83 bits per heavy atom. The fourth-order valence-corrected chi connectivity index (χ4v) is 2.83. The van der Waals surface area contributed by atoms with Crippen LogP contribution in [0.5, 0.6) is 0 Å². The molecule has 0 spiro atoms. The van der Waals surface area contributed by atoms with Crippen LogP contribution in [0, 0.1) is 23.1 Å². The van der Waals surface area contributed by atoms with E-state index in [0.29, 0.717) is 37.2 Å². The number of piperidine rings is 1. The first-order valence-electron chi connectivity index (χ1n) is 7.94. The van der Waals surface area contributed by atoms with Crippen molar-refractivity contribution < 1.29 is 19.0 Å². The third-order valence-electron chi connectivity index (χ3n) is 4.15. The summed E-state index contributed by atoms with van der Waals surface area (Å²) in [7, 11) is 1.49. The number of halogens is 1. The van der Waals surface area contributed by atoms with E-state index in [1.807, 2.05) is 11.0 Å². The maximum absolute atomic E-state index is 14.0. The van der Waals surface area contributed by atoms with E-state index in [-0.39, 0.29) is 25.0 Å². The van der Waals surface area contributed by atoms with Gasteiger partial charge in [0.05, 0.1) is 30.0 Å². The highest BCUT2D eigenvalue weighted by Crippen LogP contribution is 2.26. The second-order valence-corrected chi connectivity index (χ2v) is 5.89. The SMILES string of the molecule is COC[C@@H](O)CNC(=O)C1CCN(c2ccc(C#N)cc2F)CC1. The number of anilines is 1. The van der Waals surface area contributed by atoms with Crippen molar-refractivity contribution in [1.82, 2.24) is 5.32 Å². The highest BCUT2D eigenvalue weighted by molar-refractivity contribution is 5.79. The molecule has 1 aromatic carbocycles. The standard InChI is InChI=1S/C17H22FN3O3/c1-24-11-14(22)10-20-17(23)13-4-6-21(7-5-13)16-3-2-12(9-19)8-15(16)18/h2-3,8,13-14,22H,4-7,10-11H2,1H3,(H,20,23)/t14-/m0/s1. The molecule has 6 nitrogen and oxygen atoms in total. The molecular weight excluding hydrogens is 313 g/mol. The topological polar surface area (TPSA) is 85.6 Å². The van der Waals surface area contributed by atoms with E-state index >= 15 is 0 Å². The predicted octanol–water partition coefficient (Wildman–Crippen LogP) is 1.04. The zero-order valence-corrected chi connectivity index (χ0v) is 13.7. The van der Waals surface area contributed by atoms with Gasteiger partial charge in [-0.25, -0.2) is 4.39 Å². The molecule has 0 unspecified atom stereocenters. The molecule has 1 heterocycles. The summed E-state index contributed by atoms with van der Waals surface area (Å²) in [5.74, 6) is -0.651. The van der Waals surface area contributed by atoms with Crippen molar-refractivity contribution in [3.63, 3.8) is 0 Å². The van der Waals surface area contributed by atoms with E-state index in [0.717, 1.165) is 0 Å². The number of methoxy groups -OCH3 is 1. The lowest BCUT2D eigenvalue weighted by Gasteiger charge is -2.33. The normalized spacial score (nSPS) is 16.5. The number of carbonyl (C=O) groups is 1. The van der Waals surface area contributed by atoms with E-state index < -0.39 is 11.9 Å². The summed E-state index contributed by atoms with van der Waals surface area (Å²) in [6.45, 7) is 1.48. The Bertz CT molecular complexity index is 610. The molecule has 0 aliphatic carbocycles. The van der Waals surface area contributed by atoms with Crippen LogP contribution in [-0.2, 0) is 9.53 Å². The molecule has 1 aromatic rings. The molecule has 0 saturated carbocycles. The third kappa shape index (κ3) is 4.66. The fourth-order valence-electron chi connectivity index (χ4n) is 2.83. The van der Waals surface area contributed by atoms with Crippen LogP contribution in [-0.4, -0.2) is 50.5 Å². The molecule has 1 fully saturated rings. The second kappa shape index (κ2) is 8.62. The van der Waals surface area contributed by atoms with Crippen LogP contribution in [0.1, 0.15) is 18.4 Å². The van der Waals surface area contributed by atoms with Gasteiger partial charge in [0, 0.05) is 32.7 Å². The van der Waals surface area contributed by atoms with Gasteiger partial charge >= 0.3 is 0 Å². The molecule has 130 valence electrons. The number of aliphatic hydroxyl groups is 1. The maximum Gasteiger partial charge on any atom is 0.223 e. The van der Waals surface area contributed by atoms with Gasteiger partial charge < -0.3 is 20.1 Å². The zero-order valence-electron chi connectivity index (χ0n) is 13.7. The Morgan fingerprint density at radius 1 is 1.54 bits per heavy atom. The van der Waals surface area contributed by atoms with Crippen molar-refractivity contribution in [3.8, 4) is 6.07 Å². The van der Waals surface area contributed by atoms with E-state index in [2.05, 4.69) is 5.32 Å². The Kier molecular flexibility index (Phi) is 6.53. The van der Waals surface area contributed by atoms with Gasteiger partial charge in [-0.15, -0.1) is 0 Å². The van der Waals surface area contributed by atoms with Crippen LogP contribution in [0.15, 0.2) is 18.2 Å². The number of nitrogens with one attached hydrogen (secondary N) is 1. The van der Waals surface area contributed by atoms with Gasteiger partial charge in [-0.3, -0.25) is 4.79 Å². The number of carbonyl (C=O) groups excluding carboxylic acids is 1. The summed E-state index contributed by atoms with van der Waals surface area (Å²) in [6, 6.07) is 6.34. The smallest absolute Gasteiger partial charge is 0.223 e. The van der Waals surface area contributed by atoms with Crippen LogP contribution < -0.4 is 10.2 Å². The number of ether oxygens (including phenoxy) is 1. The fraction of sp³-hybridized carbons (Fsp3) is 0.529. The van der Waals surface area contributed by atoms with Gasteiger partial charge in [-0.05, 0) is 31.0 Å². The average molecular weight is 335 g/mol. The molecule has 1 amide bonds. The van der Waals surface area contributed by atoms with Crippen molar-refractivity contribution >= 4 is 11.6 Å². The highest BCUT2D eigenvalue weighted by Gasteiger charge is 2.26. The van der Waals surface area contributed by atoms with Crippen molar-refractivity contribution in [3.05, 3.63) is 29.6 Å². The lowest BCUT2D eigenvalue weighted by atomic mass is 9.95. The summed E-state index contributed by atoms with van der Waals surface area (Å²) in [5.41, 5.74) is 0.753. The van der Waals surface area contributed by atoms with Crippen LogP contribution in [0.25, 0.3) is 0 Å². The van der Waals surface area contributed by atoms with Gasteiger partial charge in [0.15, 0.2) is 0 Å². The number of hydrogen-bond acceptors (Lipinski definition) is 5. The Balaban J connectivity index is 1.85. The first kappa shape index (κ1) is 18.2. The lowest BCUT2D eigenvalue weighted by molar-refractivity contribution is -0.126. The van der Waals surface area contributed by atoms with E-state index in [4.69, 9.17) is 10.00 Å². The Hall–Kier alpha value is -2.17. The van der Waals surface area contributed by atoms with Gasteiger partial charge in [-0.1, -0.05) is 0 Å². The van der Waals surface area contributed by atoms with E-state index in [1.54, 1.807) is 12.1 Å². The number of hydrogen-bond donors (Lipinski definition) is 2. The molecular formula is C17H22FN3O3. The van der Waals surface area contributed by atoms with E-state index in [9.17, 15) is 14.3 Å². The third-order valence-corrected chi connectivity index (χ3v) is 4.15. The summed E-state index contributed by atoms with van der Waals surface area (Å²) in [5, 5.41) is 21.1. The number of benzene rings is 1. The monoisotopic (exact) mass is 335 g/mol. The molecule has 24 heavy (non-hydrogen) atoms. The Morgan fingerprint density at radius 2 is 2.25 bits per heavy atom. The summed E-state index contributed by atoms with van der Waals surface area (Å²) < 4.78 is 18.9. The molecule has 7 heteroatoms. The number of nitriles is 1. The quantitative estimate of drug-likeness (QED) is 0.811. The molecule has 2 rings (SSSR count). The van der Waals surface area contributed by atoms with Crippen molar-refractivity contribution in [1.29, 1.82) is 5.26 Å². The molecule has 2 N–H and O–H groups in total. The number of rotatable bonds is 6. The second-order valence-electron chi connectivity index (χ2n) is 5.89. The molecule has 1 aliphatic rings. The summed E-state index contributed by atoms with van der Waals surface area (Å²) >= 11 is 0. The minimum absolute atomic E-state index is 0.0925. The minimum atomic E-state index is -0.716. The predicted molar refractivity (Wildman–Crippen MR) is 86.9 cm³/mol. The number of aliphatic hydroxyl groups excluding tert-OH is 1. The van der Waals surface area contributed by atoms with Crippen LogP contribution in [0.3, 0.4) is 0 Å². The van der Waals surface area contributed by atoms with Crippen LogP contribution >= 0.6 is 0 Å². The summed E-state index contributed by atoms with van der Waals surface area (Å²) in [4.78, 5) is 14.0. The van der Waals surface area contributed by atoms with E-state index in [1.165, 1.54) is 13.2 Å². The molecule has 1 saturated heterocycles.